The minimum absolute atomic E-state index is 0.0595. The van der Waals surface area contributed by atoms with Gasteiger partial charge in [0.25, 0.3) is 5.56 Å². The highest BCUT2D eigenvalue weighted by molar-refractivity contribution is 7.99. The third-order valence-corrected chi connectivity index (χ3v) is 7.35. The number of benzene rings is 1. The second-order valence-electron chi connectivity index (χ2n) is 8.16. The number of hydrogen-bond acceptors (Lipinski definition) is 5. The predicted octanol–water partition coefficient (Wildman–Crippen LogP) is 2.11. The lowest BCUT2D eigenvalue weighted by Crippen LogP contribution is -2.48. The topological polar surface area (TPSA) is 58.4 Å². The molecule has 6 nitrogen and oxygen atoms in total. The lowest BCUT2D eigenvalue weighted by molar-refractivity contribution is -0.133. The molecule has 1 amide bonds. The molecule has 7 heteroatoms. The first-order chi connectivity index (χ1) is 14.2. The fourth-order valence-corrected chi connectivity index (χ4v) is 5.78. The Morgan fingerprint density at radius 1 is 1.10 bits per heavy atom. The van der Waals surface area contributed by atoms with Crippen LogP contribution in [0.4, 0.5) is 0 Å². The molecular formula is C22H26N4O2S. The van der Waals surface area contributed by atoms with E-state index in [-0.39, 0.29) is 17.5 Å². The van der Waals surface area contributed by atoms with Crippen LogP contribution < -0.4 is 5.56 Å². The third-order valence-electron chi connectivity index (χ3n) is 6.26. The van der Waals surface area contributed by atoms with Crippen LogP contribution in [-0.4, -0.2) is 57.2 Å². The molecule has 1 aromatic heterocycles. The van der Waals surface area contributed by atoms with Crippen molar-refractivity contribution in [3.63, 3.8) is 0 Å². The highest BCUT2D eigenvalue weighted by Crippen LogP contribution is 2.34. The summed E-state index contributed by atoms with van der Waals surface area (Å²) in [6.45, 7) is 4.24. The maximum atomic E-state index is 12.9. The van der Waals surface area contributed by atoms with Gasteiger partial charge < -0.3 is 4.90 Å². The van der Waals surface area contributed by atoms with E-state index in [1.165, 1.54) is 5.56 Å². The van der Waals surface area contributed by atoms with Crippen molar-refractivity contribution < 1.29 is 4.79 Å². The zero-order valence-corrected chi connectivity index (χ0v) is 17.4. The van der Waals surface area contributed by atoms with Crippen LogP contribution in [0.25, 0.3) is 0 Å². The zero-order chi connectivity index (χ0) is 19.8. The predicted molar refractivity (Wildman–Crippen MR) is 113 cm³/mol. The van der Waals surface area contributed by atoms with Crippen LogP contribution in [0.5, 0.6) is 0 Å². The quantitative estimate of drug-likeness (QED) is 0.723. The van der Waals surface area contributed by atoms with Gasteiger partial charge in [0.1, 0.15) is 0 Å². The number of rotatable bonds is 4. The zero-order valence-electron chi connectivity index (χ0n) is 16.5. The van der Waals surface area contributed by atoms with Crippen molar-refractivity contribution >= 4 is 17.7 Å². The molecule has 0 N–H and O–H groups in total. The van der Waals surface area contributed by atoms with Crippen LogP contribution >= 0.6 is 11.8 Å². The number of carbonyl (C=O) groups excluding carboxylic acids is 1. The van der Waals surface area contributed by atoms with Gasteiger partial charge >= 0.3 is 0 Å². The van der Waals surface area contributed by atoms with E-state index in [4.69, 9.17) is 4.98 Å². The first-order valence-electron chi connectivity index (χ1n) is 10.5. The van der Waals surface area contributed by atoms with Crippen LogP contribution in [0, 0.1) is 0 Å². The number of aromatic nitrogens is 2. The molecule has 2 aliphatic heterocycles. The van der Waals surface area contributed by atoms with E-state index in [0.717, 1.165) is 74.2 Å². The van der Waals surface area contributed by atoms with E-state index in [1.54, 1.807) is 16.3 Å². The second-order valence-corrected chi connectivity index (χ2v) is 9.15. The number of nitrogens with zero attached hydrogens (tertiary/aromatic N) is 4. The molecule has 0 spiro atoms. The highest BCUT2D eigenvalue weighted by atomic mass is 32.2. The Kier molecular flexibility index (Phi) is 5.18. The maximum Gasteiger partial charge on any atom is 0.257 e. The maximum absolute atomic E-state index is 12.9. The lowest BCUT2D eigenvalue weighted by atomic mass is 10.1. The SMILES string of the molecule is O=C(CC1CSc2nc3c(c(=O)n21)CCC3)N1CCN(Cc2ccccc2)CC1. The van der Waals surface area contributed by atoms with Gasteiger partial charge in [0.2, 0.25) is 5.91 Å². The first-order valence-corrected chi connectivity index (χ1v) is 11.5. The van der Waals surface area contributed by atoms with Gasteiger partial charge in [-0.3, -0.25) is 19.1 Å². The van der Waals surface area contributed by atoms with Gasteiger partial charge in [0.05, 0.1) is 11.7 Å². The Labute approximate surface area is 174 Å². The van der Waals surface area contributed by atoms with E-state index < -0.39 is 0 Å². The molecule has 0 bridgehead atoms. The highest BCUT2D eigenvalue weighted by Gasteiger charge is 2.32. The molecule has 5 rings (SSSR count). The van der Waals surface area contributed by atoms with Gasteiger partial charge in [0.15, 0.2) is 5.16 Å². The average molecular weight is 411 g/mol. The van der Waals surface area contributed by atoms with Crippen LogP contribution in [0.1, 0.15) is 35.7 Å². The molecule has 0 saturated carbocycles. The van der Waals surface area contributed by atoms with Gasteiger partial charge in [-0.2, -0.15) is 0 Å². The standard InChI is InChI=1S/C22H26N4O2S/c27-20(25-11-9-24(10-12-25)14-16-5-2-1-3-6-16)13-17-15-29-22-23-19-8-4-7-18(19)21(28)26(17)22/h1-3,5-6,17H,4,7-15H2. The Morgan fingerprint density at radius 2 is 1.90 bits per heavy atom. The van der Waals surface area contributed by atoms with Crippen LogP contribution in [0.15, 0.2) is 40.3 Å². The molecule has 0 radical (unpaired) electrons. The van der Waals surface area contributed by atoms with Crippen molar-refractivity contribution in [2.75, 3.05) is 31.9 Å². The summed E-state index contributed by atoms with van der Waals surface area (Å²) >= 11 is 1.62. The number of aryl methyl sites for hydroxylation is 1. The van der Waals surface area contributed by atoms with Gasteiger partial charge in [-0.05, 0) is 24.8 Å². The Bertz CT molecular complexity index is 967. The fraction of sp³-hybridized carbons (Fsp3) is 0.500. The molecular weight excluding hydrogens is 384 g/mol. The summed E-state index contributed by atoms with van der Waals surface area (Å²) in [5.74, 6) is 0.931. The van der Waals surface area contributed by atoms with E-state index in [0.29, 0.717) is 6.42 Å². The molecule has 1 atom stereocenters. The molecule has 1 fully saturated rings. The molecule has 1 aromatic carbocycles. The van der Waals surface area contributed by atoms with Crippen molar-refractivity contribution in [2.45, 2.75) is 43.4 Å². The monoisotopic (exact) mass is 410 g/mol. The van der Waals surface area contributed by atoms with Crippen molar-refractivity contribution in [2.24, 2.45) is 0 Å². The van der Waals surface area contributed by atoms with Crippen molar-refractivity contribution in [3.8, 4) is 0 Å². The number of amides is 1. The second kappa shape index (κ2) is 7.95. The summed E-state index contributed by atoms with van der Waals surface area (Å²) in [7, 11) is 0. The molecule has 29 heavy (non-hydrogen) atoms. The minimum atomic E-state index is -0.0595. The number of hydrogen-bond donors (Lipinski definition) is 0. The average Bonchev–Trinajstić information content (AvgIpc) is 3.37. The summed E-state index contributed by atoms with van der Waals surface area (Å²) in [4.78, 5) is 34.9. The van der Waals surface area contributed by atoms with E-state index >= 15 is 0 Å². The molecule has 3 aliphatic rings. The lowest BCUT2D eigenvalue weighted by Gasteiger charge is -2.35. The third kappa shape index (κ3) is 3.73. The molecule has 2 aromatic rings. The number of carbonyl (C=O) groups is 1. The van der Waals surface area contributed by atoms with Gasteiger partial charge in [0, 0.05) is 50.5 Å². The van der Waals surface area contributed by atoms with Crippen LogP contribution in [-0.2, 0) is 24.2 Å². The largest absolute Gasteiger partial charge is 0.340 e. The van der Waals surface area contributed by atoms with Gasteiger partial charge in [-0.25, -0.2) is 4.98 Å². The fourth-order valence-electron chi connectivity index (χ4n) is 4.63. The van der Waals surface area contributed by atoms with Gasteiger partial charge in [-0.1, -0.05) is 42.1 Å². The summed E-state index contributed by atoms with van der Waals surface area (Å²) < 4.78 is 1.80. The van der Waals surface area contributed by atoms with Crippen LogP contribution in [0.2, 0.25) is 0 Å². The van der Waals surface area contributed by atoms with E-state index in [2.05, 4.69) is 29.2 Å². The Hall–Kier alpha value is -2.12. The van der Waals surface area contributed by atoms with Crippen molar-refractivity contribution in [1.82, 2.24) is 19.4 Å². The summed E-state index contributed by atoms with van der Waals surface area (Å²) in [5, 5.41) is 0.807. The molecule has 152 valence electrons. The summed E-state index contributed by atoms with van der Waals surface area (Å²) in [6, 6.07) is 10.4. The molecule has 1 aliphatic carbocycles. The Balaban J connectivity index is 1.20. The van der Waals surface area contributed by atoms with E-state index in [1.807, 2.05) is 11.0 Å². The summed E-state index contributed by atoms with van der Waals surface area (Å²) in [6.07, 6.45) is 3.16. The molecule has 1 saturated heterocycles. The van der Waals surface area contributed by atoms with Crippen LogP contribution in [0.3, 0.4) is 0 Å². The van der Waals surface area contributed by atoms with Crippen molar-refractivity contribution in [1.29, 1.82) is 0 Å². The van der Waals surface area contributed by atoms with E-state index in [9.17, 15) is 9.59 Å². The van der Waals surface area contributed by atoms with Crippen molar-refractivity contribution in [3.05, 3.63) is 57.5 Å². The molecule has 1 unspecified atom stereocenters. The normalized spacial score (nSPS) is 21.2. The smallest absolute Gasteiger partial charge is 0.257 e. The number of thioether (sulfide) groups is 1. The number of piperazine rings is 1. The minimum Gasteiger partial charge on any atom is -0.340 e. The summed E-state index contributed by atoms with van der Waals surface area (Å²) in [5.41, 5.74) is 3.27. The molecule has 3 heterocycles. The van der Waals surface area contributed by atoms with Gasteiger partial charge in [-0.15, -0.1) is 0 Å². The number of fused-ring (bicyclic) bond motifs is 2. The Morgan fingerprint density at radius 3 is 2.69 bits per heavy atom. The first kappa shape index (κ1) is 18.9.